The van der Waals surface area contributed by atoms with E-state index in [4.69, 9.17) is 9.47 Å². The number of hydrogen-bond donors (Lipinski definition) is 2. The van der Waals surface area contributed by atoms with Crippen molar-refractivity contribution in [3.8, 4) is 5.75 Å². The molecular weight excluding hydrogens is 350 g/mol. The van der Waals surface area contributed by atoms with Crippen molar-refractivity contribution in [2.75, 3.05) is 25.0 Å². The third-order valence-electron chi connectivity index (χ3n) is 3.64. The summed E-state index contributed by atoms with van der Waals surface area (Å²) in [6.45, 7) is 9.63. The summed E-state index contributed by atoms with van der Waals surface area (Å²) in [5.41, 5.74) is 0.697. The van der Waals surface area contributed by atoms with Crippen LogP contribution in [0.4, 0.5) is 10.5 Å². The van der Waals surface area contributed by atoms with Crippen LogP contribution in [-0.4, -0.2) is 48.1 Å². The van der Waals surface area contributed by atoms with E-state index in [-0.39, 0.29) is 12.5 Å². The van der Waals surface area contributed by atoms with Crippen LogP contribution in [0, 0.1) is 0 Å². The van der Waals surface area contributed by atoms with Gasteiger partial charge in [0, 0.05) is 17.8 Å². The molecule has 2 N–H and O–H groups in total. The van der Waals surface area contributed by atoms with E-state index in [0.29, 0.717) is 31.1 Å². The van der Waals surface area contributed by atoms with Crippen LogP contribution in [0.1, 0.15) is 26.3 Å². The zero-order valence-electron chi connectivity index (χ0n) is 15.8. The molecule has 0 aromatic heterocycles. The number of carbonyl (C=O) groups is 3. The highest BCUT2D eigenvalue weighted by Crippen LogP contribution is 2.26. The number of fused-ring (bicyclic) bond motifs is 1. The Bertz CT molecular complexity index is 739. The SMILES string of the molecule is C=CC(=O)NCC(=O)N1CCOc2ccc(NC(=O)OC(C)(C)C)cc2C1. The highest BCUT2D eigenvalue weighted by Gasteiger charge is 2.21. The van der Waals surface area contributed by atoms with Gasteiger partial charge in [0.15, 0.2) is 0 Å². The van der Waals surface area contributed by atoms with E-state index in [1.807, 2.05) is 0 Å². The molecule has 1 heterocycles. The van der Waals surface area contributed by atoms with Crippen molar-refractivity contribution in [1.82, 2.24) is 10.2 Å². The van der Waals surface area contributed by atoms with E-state index in [1.165, 1.54) is 0 Å². The summed E-state index contributed by atoms with van der Waals surface area (Å²) in [4.78, 5) is 37.1. The average Bonchev–Trinajstić information content (AvgIpc) is 2.79. The topological polar surface area (TPSA) is 97.0 Å². The molecule has 0 aliphatic carbocycles. The van der Waals surface area contributed by atoms with E-state index in [9.17, 15) is 14.4 Å². The molecule has 8 nitrogen and oxygen atoms in total. The van der Waals surface area contributed by atoms with Crippen LogP contribution in [0.3, 0.4) is 0 Å². The summed E-state index contributed by atoms with van der Waals surface area (Å²) in [6.07, 6.45) is 0.556. The van der Waals surface area contributed by atoms with Crippen LogP contribution in [0.25, 0.3) is 0 Å². The molecule has 0 saturated heterocycles. The second-order valence-electron chi connectivity index (χ2n) is 7.04. The molecule has 0 fully saturated rings. The summed E-state index contributed by atoms with van der Waals surface area (Å²) < 4.78 is 10.9. The van der Waals surface area contributed by atoms with Crippen molar-refractivity contribution in [2.45, 2.75) is 32.9 Å². The fourth-order valence-corrected chi connectivity index (χ4v) is 2.45. The maximum Gasteiger partial charge on any atom is 0.412 e. The number of ether oxygens (including phenoxy) is 2. The number of carbonyl (C=O) groups excluding carboxylic acids is 3. The average molecular weight is 375 g/mol. The number of benzene rings is 1. The van der Waals surface area contributed by atoms with Gasteiger partial charge in [-0.05, 0) is 45.0 Å². The number of nitrogens with zero attached hydrogens (tertiary/aromatic N) is 1. The number of rotatable bonds is 4. The van der Waals surface area contributed by atoms with Gasteiger partial charge in [0.1, 0.15) is 18.0 Å². The van der Waals surface area contributed by atoms with Gasteiger partial charge in [-0.15, -0.1) is 0 Å². The molecule has 1 aliphatic rings. The second kappa shape index (κ2) is 8.57. The minimum absolute atomic E-state index is 0.115. The van der Waals surface area contributed by atoms with Crippen molar-refractivity contribution >= 4 is 23.6 Å². The fourth-order valence-electron chi connectivity index (χ4n) is 2.45. The summed E-state index contributed by atoms with van der Waals surface area (Å²) in [5, 5.41) is 5.14. The van der Waals surface area contributed by atoms with Crippen LogP contribution in [0.15, 0.2) is 30.9 Å². The van der Waals surface area contributed by atoms with Gasteiger partial charge in [0.05, 0.1) is 13.1 Å². The van der Waals surface area contributed by atoms with Crippen molar-refractivity contribution in [2.24, 2.45) is 0 Å². The number of hydrogen-bond acceptors (Lipinski definition) is 5. The first-order chi connectivity index (χ1) is 12.7. The van der Waals surface area contributed by atoms with E-state index in [1.54, 1.807) is 43.9 Å². The summed E-state index contributed by atoms with van der Waals surface area (Å²) in [6, 6.07) is 5.20. The first-order valence-corrected chi connectivity index (χ1v) is 8.62. The lowest BCUT2D eigenvalue weighted by atomic mass is 10.1. The molecule has 3 amide bonds. The molecule has 0 spiro atoms. The Labute approximate surface area is 158 Å². The molecule has 0 saturated carbocycles. The second-order valence-corrected chi connectivity index (χ2v) is 7.04. The van der Waals surface area contributed by atoms with Gasteiger partial charge in [0.25, 0.3) is 0 Å². The Hall–Kier alpha value is -3.03. The van der Waals surface area contributed by atoms with E-state index < -0.39 is 17.6 Å². The van der Waals surface area contributed by atoms with Crippen LogP contribution in [-0.2, 0) is 20.9 Å². The number of nitrogens with one attached hydrogen (secondary N) is 2. The Morgan fingerprint density at radius 1 is 1.33 bits per heavy atom. The lowest BCUT2D eigenvalue weighted by molar-refractivity contribution is -0.132. The molecule has 0 atom stereocenters. The Morgan fingerprint density at radius 2 is 2.07 bits per heavy atom. The fraction of sp³-hybridized carbons (Fsp3) is 0.421. The zero-order valence-corrected chi connectivity index (χ0v) is 15.8. The van der Waals surface area contributed by atoms with Crippen molar-refractivity contribution in [3.63, 3.8) is 0 Å². The highest BCUT2D eigenvalue weighted by molar-refractivity contribution is 5.90. The zero-order chi connectivity index (χ0) is 20.0. The quantitative estimate of drug-likeness (QED) is 0.785. The molecule has 0 radical (unpaired) electrons. The molecule has 146 valence electrons. The van der Waals surface area contributed by atoms with Crippen LogP contribution in [0.5, 0.6) is 5.75 Å². The minimum Gasteiger partial charge on any atom is -0.491 e. The molecule has 1 aromatic rings. The smallest absolute Gasteiger partial charge is 0.412 e. The van der Waals surface area contributed by atoms with E-state index >= 15 is 0 Å². The minimum atomic E-state index is -0.599. The molecule has 2 rings (SSSR count). The van der Waals surface area contributed by atoms with Crippen LogP contribution < -0.4 is 15.4 Å². The van der Waals surface area contributed by atoms with Crippen molar-refractivity contribution < 1.29 is 23.9 Å². The maximum absolute atomic E-state index is 12.3. The lowest BCUT2D eigenvalue weighted by Gasteiger charge is -2.21. The molecular formula is C19H25N3O5. The van der Waals surface area contributed by atoms with Gasteiger partial charge < -0.3 is 19.7 Å². The maximum atomic E-state index is 12.3. The summed E-state index contributed by atoms with van der Waals surface area (Å²) >= 11 is 0. The van der Waals surface area contributed by atoms with Gasteiger partial charge in [-0.3, -0.25) is 14.9 Å². The Balaban J connectivity index is 2.06. The van der Waals surface area contributed by atoms with E-state index in [2.05, 4.69) is 17.2 Å². The molecule has 8 heteroatoms. The predicted molar refractivity (Wildman–Crippen MR) is 100 cm³/mol. The molecule has 0 bridgehead atoms. The van der Waals surface area contributed by atoms with Gasteiger partial charge in [-0.2, -0.15) is 0 Å². The first-order valence-electron chi connectivity index (χ1n) is 8.62. The summed E-state index contributed by atoms with van der Waals surface area (Å²) in [5.74, 6) is 0.0148. The van der Waals surface area contributed by atoms with E-state index in [0.717, 1.165) is 11.6 Å². The first kappa shape index (κ1) is 20.3. The monoisotopic (exact) mass is 375 g/mol. The molecule has 1 aromatic carbocycles. The van der Waals surface area contributed by atoms with Crippen LogP contribution in [0.2, 0.25) is 0 Å². The third-order valence-corrected chi connectivity index (χ3v) is 3.64. The van der Waals surface area contributed by atoms with Crippen molar-refractivity contribution in [1.29, 1.82) is 0 Å². The standard InChI is InChI=1S/C19H25N3O5/c1-5-16(23)20-11-17(24)22-8-9-26-15-7-6-14(10-13(15)12-22)21-18(25)27-19(2,3)4/h5-7,10H,1,8-9,11-12H2,2-4H3,(H,20,23)(H,21,25). The highest BCUT2D eigenvalue weighted by atomic mass is 16.6. The van der Waals surface area contributed by atoms with Crippen molar-refractivity contribution in [3.05, 3.63) is 36.4 Å². The van der Waals surface area contributed by atoms with Gasteiger partial charge in [-0.1, -0.05) is 6.58 Å². The summed E-state index contributed by atoms with van der Waals surface area (Å²) in [7, 11) is 0. The predicted octanol–water partition coefficient (Wildman–Crippen LogP) is 2.06. The number of amides is 3. The lowest BCUT2D eigenvalue weighted by Crippen LogP contribution is -2.40. The molecule has 27 heavy (non-hydrogen) atoms. The van der Waals surface area contributed by atoms with Gasteiger partial charge in [0.2, 0.25) is 11.8 Å². The molecule has 0 unspecified atom stereocenters. The Kier molecular flexibility index (Phi) is 6.44. The van der Waals surface area contributed by atoms with Crippen LogP contribution >= 0.6 is 0 Å². The normalized spacial score (nSPS) is 13.5. The third kappa shape index (κ3) is 6.32. The Morgan fingerprint density at radius 3 is 2.74 bits per heavy atom. The largest absolute Gasteiger partial charge is 0.491 e. The molecule has 1 aliphatic heterocycles. The van der Waals surface area contributed by atoms with Gasteiger partial charge >= 0.3 is 6.09 Å². The number of anilines is 1. The van der Waals surface area contributed by atoms with Gasteiger partial charge in [-0.25, -0.2) is 4.79 Å².